The summed E-state index contributed by atoms with van der Waals surface area (Å²) in [6.07, 6.45) is 4.01. The van der Waals surface area contributed by atoms with E-state index in [0.717, 1.165) is 36.4 Å². The Morgan fingerprint density at radius 3 is 3.05 bits per heavy atom. The van der Waals surface area contributed by atoms with Crippen LogP contribution in [0.4, 0.5) is 5.69 Å². The summed E-state index contributed by atoms with van der Waals surface area (Å²) in [5.41, 5.74) is 3.24. The van der Waals surface area contributed by atoms with Crippen LogP contribution in [0.5, 0.6) is 0 Å². The first-order chi connectivity index (χ1) is 9.72. The lowest BCUT2D eigenvalue weighted by atomic mass is 10.0. The van der Waals surface area contributed by atoms with E-state index in [-0.39, 0.29) is 0 Å². The molecule has 3 rings (SSSR count). The predicted molar refractivity (Wildman–Crippen MR) is 75.9 cm³/mol. The van der Waals surface area contributed by atoms with Gasteiger partial charge in [-0.2, -0.15) is 0 Å². The van der Waals surface area contributed by atoms with E-state index in [1.54, 1.807) is 11.0 Å². The summed E-state index contributed by atoms with van der Waals surface area (Å²) in [5.74, 6) is 0. The van der Waals surface area contributed by atoms with Crippen LogP contribution in [0.25, 0.3) is 5.69 Å². The van der Waals surface area contributed by atoms with Gasteiger partial charge in [0.05, 0.1) is 11.8 Å². The maximum Gasteiger partial charge on any atom is 0.143 e. The minimum Gasteiger partial charge on any atom is -0.382 e. The molecule has 2 heterocycles. The van der Waals surface area contributed by atoms with E-state index in [2.05, 4.69) is 52.9 Å². The molecular weight excluding hydrogens is 254 g/mol. The Balaban J connectivity index is 1.79. The highest BCUT2D eigenvalue weighted by atomic mass is 16.5. The van der Waals surface area contributed by atoms with Crippen LogP contribution in [0.1, 0.15) is 25.3 Å². The van der Waals surface area contributed by atoms with Gasteiger partial charge in [-0.3, -0.25) is 0 Å². The zero-order valence-electron chi connectivity index (χ0n) is 11.8. The zero-order chi connectivity index (χ0) is 13.9. The van der Waals surface area contributed by atoms with Crippen molar-refractivity contribution in [2.24, 2.45) is 0 Å². The van der Waals surface area contributed by atoms with E-state index in [0.29, 0.717) is 12.1 Å². The summed E-state index contributed by atoms with van der Waals surface area (Å²) in [5, 5.41) is 14.9. The second kappa shape index (κ2) is 5.58. The van der Waals surface area contributed by atoms with Gasteiger partial charge in [-0.1, -0.05) is 6.07 Å². The lowest BCUT2D eigenvalue weighted by Crippen LogP contribution is -2.32. The highest BCUT2D eigenvalue weighted by molar-refractivity contribution is 5.55. The first kappa shape index (κ1) is 13.1. The number of nitrogens with zero attached hydrogens (tertiary/aromatic N) is 4. The number of tetrazole rings is 1. The molecule has 2 aromatic rings. The minimum absolute atomic E-state index is 0.325. The molecule has 0 radical (unpaired) electrons. The van der Waals surface area contributed by atoms with Gasteiger partial charge < -0.3 is 10.1 Å². The second-order valence-electron chi connectivity index (χ2n) is 5.30. The molecule has 0 spiro atoms. The Bertz CT molecular complexity index is 569. The molecule has 1 aromatic heterocycles. The van der Waals surface area contributed by atoms with Crippen molar-refractivity contribution in [2.45, 2.75) is 38.8 Å². The number of hydrogen-bond acceptors (Lipinski definition) is 5. The van der Waals surface area contributed by atoms with E-state index >= 15 is 0 Å². The molecule has 2 atom stereocenters. The topological polar surface area (TPSA) is 64.9 Å². The largest absolute Gasteiger partial charge is 0.382 e. The molecule has 1 aliphatic rings. The van der Waals surface area contributed by atoms with Crippen molar-refractivity contribution in [3.05, 3.63) is 30.1 Å². The number of hydrogen-bond donors (Lipinski definition) is 1. The summed E-state index contributed by atoms with van der Waals surface area (Å²) in [6.45, 7) is 5.00. The van der Waals surface area contributed by atoms with Crippen LogP contribution in [0, 0.1) is 6.92 Å². The third kappa shape index (κ3) is 2.80. The average Bonchev–Trinajstić information content (AvgIpc) is 2.95. The Hall–Kier alpha value is -1.95. The number of rotatable bonds is 3. The summed E-state index contributed by atoms with van der Waals surface area (Å²) in [7, 11) is 0. The smallest absolute Gasteiger partial charge is 0.143 e. The van der Waals surface area contributed by atoms with Crippen LogP contribution in [0.3, 0.4) is 0 Å². The summed E-state index contributed by atoms with van der Waals surface area (Å²) >= 11 is 0. The normalized spacial score (nSPS) is 22.7. The zero-order valence-corrected chi connectivity index (χ0v) is 11.8. The Morgan fingerprint density at radius 1 is 1.40 bits per heavy atom. The molecule has 106 valence electrons. The van der Waals surface area contributed by atoms with Gasteiger partial charge in [-0.25, -0.2) is 4.68 Å². The molecule has 1 aliphatic heterocycles. The van der Waals surface area contributed by atoms with Crippen molar-refractivity contribution in [3.8, 4) is 5.69 Å². The van der Waals surface area contributed by atoms with Gasteiger partial charge in [-0.15, -0.1) is 5.10 Å². The first-order valence-corrected chi connectivity index (χ1v) is 6.94. The monoisotopic (exact) mass is 273 g/mol. The molecule has 1 saturated heterocycles. The van der Waals surface area contributed by atoms with Crippen molar-refractivity contribution in [1.29, 1.82) is 0 Å². The van der Waals surface area contributed by atoms with Gasteiger partial charge in [0.25, 0.3) is 0 Å². The highest BCUT2D eigenvalue weighted by Gasteiger charge is 2.19. The highest BCUT2D eigenvalue weighted by Crippen LogP contribution is 2.22. The fourth-order valence-electron chi connectivity index (χ4n) is 2.58. The number of aryl methyl sites for hydroxylation is 1. The maximum absolute atomic E-state index is 5.58. The molecule has 6 nitrogen and oxygen atoms in total. The first-order valence-electron chi connectivity index (χ1n) is 6.94. The van der Waals surface area contributed by atoms with Gasteiger partial charge in [0, 0.05) is 18.3 Å². The van der Waals surface area contributed by atoms with Gasteiger partial charge in [0.2, 0.25) is 0 Å². The minimum atomic E-state index is 0.325. The van der Waals surface area contributed by atoms with E-state index in [1.165, 1.54) is 0 Å². The molecule has 0 aliphatic carbocycles. The lowest BCUT2D eigenvalue weighted by molar-refractivity contribution is 0.0232. The van der Waals surface area contributed by atoms with Crippen LogP contribution in [-0.4, -0.2) is 39.0 Å². The molecule has 1 aromatic carbocycles. The van der Waals surface area contributed by atoms with E-state index < -0.39 is 0 Å². The van der Waals surface area contributed by atoms with Crippen molar-refractivity contribution < 1.29 is 4.74 Å². The van der Waals surface area contributed by atoms with Gasteiger partial charge in [0.15, 0.2) is 0 Å². The summed E-state index contributed by atoms with van der Waals surface area (Å²) in [6, 6.07) is 6.74. The van der Waals surface area contributed by atoms with Crippen molar-refractivity contribution in [2.75, 3.05) is 11.9 Å². The number of nitrogens with one attached hydrogen (secondary N) is 1. The molecule has 0 bridgehead atoms. The van der Waals surface area contributed by atoms with Crippen LogP contribution < -0.4 is 5.32 Å². The molecule has 1 fully saturated rings. The molecule has 6 heteroatoms. The molecule has 20 heavy (non-hydrogen) atoms. The number of ether oxygens (including phenoxy) is 1. The number of aromatic nitrogens is 4. The number of benzene rings is 1. The van der Waals surface area contributed by atoms with Crippen molar-refractivity contribution in [1.82, 2.24) is 20.2 Å². The van der Waals surface area contributed by atoms with E-state index in [1.807, 2.05) is 0 Å². The fourth-order valence-corrected chi connectivity index (χ4v) is 2.58. The quantitative estimate of drug-likeness (QED) is 0.926. The van der Waals surface area contributed by atoms with Gasteiger partial charge in [0.1, 0.15) is 6.33 Å². The average molecular weight is 273 g/mol. The van der Waals surface area contributed by atoms with Crippen LogP contribution >= 0.6 is 0 Å². The van der Waals surface area contributed by atoms with Crippen LogP contribution in [0.2, 0.25) is 0 Å². The Morgan fingerprint density at radius 2 is 2.30 bits per heavy atom. The number of anilines is 1. The SMILES string of the molecule is Cc1ccc(NC2CCOC(C)C2)cc1-n1cnnn1. The Kier molecular flexibility index (Phi) is 3.64. The van der Waals surface area contributed by atoms with Crippen molar-refractivity contribution >= 4 is 5.69 Å². The lowest BCUT2D eigenvalue weighted by Gasteiger charge is -2.28. The maximum atomic E-state index is 5.58. The van der Waals surface area contributed by atoms with E-state index in [9.17, 15) is 0 Å². The second-order valence-corrected chi connectivity index (χ2v) is 5.30. The molecule has 0 saturated carbocycles. The van der Waals surface area contributed by atoms with Gasteiger partial charge in [-0.05, 0) is 54.8 Å². The molecule has 2 unspecified atom stereocenters. The Labute approximate surface area is 118 Å². The van der Waals surface area contributed by atoms with E-state index in [4.69, 9.17) is 4.74 Å². The third-order valence-electron chi connectivity index (χ3n) is 3.66. The molecular formula is C14H19N5O. The van der Waals surface area contributed by atoms with Crippen LogP contribution in [-0.2, 0) is 4.74 Å². The standard InChI is InChI=1S/C14H19N5O/c1-10-3-4-12(8-14(10)19-9-15-17-18-19)16-13-5-6-20-11(2)7-13/h3-4,8-9,11,13,16H,5-7H2,1-2H3. The third-order valence-corrected chi connectivity index (χ3v) is 3.66. The molecule has 0 amide bonds. The van der Waals surface area contributed by atoms with Crippen LogP contribution in [0.15, 0.2) is 24.5 Å². The fraction of sp³-hybridized carbons (Fsp3) is 0.500. The van der Waals surface area contributed by atoms with Crippen molar-refractivity contribution in [3.63, 3.8) is 0 Å². The molecule has 1 N–H and O–H groups in total. The summed E-state index contributed by atoms with van der Waals surface area (Å²) in [4.78, 5) is 0. The van der Waals surface area contributed by atoms with Gasteiger partial charge >= 0.3 is 0 Å². The predicted octanol–water partition coefficient (Wildman–Crippen LogP) is 1.95. The summed E-state index contributed by atoms with van der Waals surface area (Å²) < 4.78 is 7.26.